The zero-order valence-electron chi connectivity index (χ0n) is 19.4. The molecule has 0 atom stereocenters. The Hall–Kier alpha value is -3.39. The molecule has 0 aliphatic heterocycles. The van der Waals surface area contributed by atoms with E-state index in [2.05, 4.69) is 32.1 Å². The Labute approximate surface area is 219 Å². The summed E-state index contributed by atoms with van der Waals surface area (Å²) in [4.78, 5) is 15.5. The first-order valence-corrected chi connectivity index (χ1v) is 10.2. The van der Waals surface area contributed by atoms with Crippen molar-refractivity contribution in [2.75, 3.05) is 14.2 Å². The molecule has 0 saturated carbocycles. The molecule has 0 unspecified atom stereocenters. The van der Waals surface area contributed by atoms with Gasteiger partial charge in [-0.3, -0.25) is 19.9 Å². The van der Waals surface area contributed by atoms with Crippen molar-refractivity contribution in [1.82, 2.24) is 19.9 Å². The van der Waals surface area contributed by atoms with Gasteiger partial charge in [0.1, 0.15) is 35.3 Å². The van der Waals surface area contributed by atoms with Crippen molar-refractivity contribution in [2.45, 2.75) is 19.3 Å². The van der Waals surface area contributed by atoms with Gasteiger partial charge in [-0.1, -0.05) is 23.3 Å². The van der Waals surface area contributed by atoms with Crippen LogP contribution in [0.15, 0.2) is 36.4 Å². The summed E-state index contributed by atoms with van der Waals surface area (Å²) < 4.78 is 66.0. The van der Waals surface area contributed by atoms with Crippen LogP contribution in [-0.4, -0.2) is 34.2 Å². The van der Waals surface area contributed by atoms with Crippen molar-refractivity contribution in [3.63, 3.8) is 0 Å². The first-order valence-electron chi connectivity index (χ1n) is 10.2. The van der Waals surface area contributed by atoms with E-state index in [1.165, 1.54) is 26.4 Å². The Kier molecular flexibility index (Phi) is 8.08. The molecule has 0 N–H and O–H groups in total. The van der Waals surface area contributed by atoms with E-state index in [0.29, 0.717) is 22.9 Å². The van der Waals surface area contributed by atoms with E-state index < -0.39 is 29.2 Å². The summed E-state index contributed by atoms with van der Waals surface area (Å²) in [5.41, 5.74) is -0.216. The van der Waals surface area contributed by atoms with Gasteiger partial charge in [0, 0.05) is 28.9 Å². The minimum atomic E-state index is -1.08. The number of nitrogens with zero attached hydrogens (tertiary/aromatic N) is 4. The van der Waals surface area contributed by atoms with E-state index in [-0.39, 0.29) is 43.6 Å². The molecule has 36 heavy (non-hydrogen) atoms. The van der Waals surface area contributed by atoms with Crippen LogP contribution in [0, 0.1) is 35.9 Å². The number of rotatable bonds is 6. The zero-order valence-corrected chi connectivity index (χ0v) is 21.7. The average molecular weight is 678 g/mol. The number of methoxy groups -OCH3 is 2. The second-order valence-electron chi connectivity index (χ2n) is 7.96. The van der Waals surface area contributed by atoms with E-state index in [4.69, 9.17) is 9.47 Å². The van der Waals surface area contributed by atoms with Crippen LogP contribution in [0.1, 0.15) is 25.2 Å². The van der Waals surface area contributed by atoms with E-state index in [1.807, 2.05) is 0 Å². The van der Waals surface area contributed by atoms with Crippen molar-refractivity contribution in [3.8, 4) is 34.0 Å². The van der Waals surface area contributed by atoms with Crippen LogP contribution < -0.4 is 9.47 Å². The quantitative estimate of drug-likeness (QED) is 0.161. The molecule has 0 spiro atoms. The Morgan fingerprint density at radius 1 is 0.667 bits per heavy atom. The van der Waals surface area contributed by atoms with Crippen molar-refractivity contribution in [1.29, 1.82) is 0 Å². The van der Waals surface area contributed by atoms with Gasteiger partial charge >= 0.3 is 21.1 Å². The molecule has 4 aromatic rings. The molecule has 0 fully saturated rings. The second-order valence-corrected chi connectivity index (χ2v) is 7.96. The van der Waals surface area contributed by atoms with Crippen LogP contribution in [-0.2, 0) is 26.5 Å². The number of ether oxygens (including phenoxy) is 2. The second kappa shape index (κ2) is 10.7. The predicted molar refractivity (Wildman–Crippen MR) is 118 cm³/mol. The molecule has 0 saturated heterocycles. The normalized spacial score (nSPS) is 11.1. The molecular weight excluding hydrogens is 659 g/mol. The monoisotopic (exact) mass is 677 g/mol. The maximum absolute atomic E-state index is 14.4. The van der Waals surface area contributed by atoms with E-state index in [1.54, 1.807) is 26.0 Å². The number of pyridine rings is 4. The third-order valence-electron chi connectivity index (χ3n) is 5.36. The number of hydrogen-bond acceptors (Lipinski definition) is 6. The van der Waals surface area contributed by atoms with Gasteiger partial charge in [0.25, 0.3) is 0 Å². The largest absolute Gasteiger partial charge is 2.00 e. The predicted octanol–water partition coefficient (Wildman–Crippen LogP) is 5.10. The van der Waals surface area contributed by atoms with Gasteiger partial charge in [-0.2, -0.15) is 0 Å². The first-order chi connectivity index (χ1) is 16.6. The van der Waals surface area contributed by atoms with Gasteiger partial charge in [0.05, 0.1) is 14.2 Å². The van der Waals surface area contributed by atoms with E-state index in [0.717, 1.165) is 12.1 Å². The fourth-order valence-electron chi connectivity index (χ4n) is 3.38. The molecule has 11 heteroatoms. The summed E-state index contributed by atoms with van der Waals surface area (Å²) in [7, 11) is 2.86. The Morgan fingerprint density at radius 2 is 1.06 bits per heavy atom. The van der Waals surface area contributed by atoms with Crippen LogP contribution in [0.2, 0.25) is 0 Å². The van der Waals surface area contributed by atoms with Crippen LogP contribution in [0.4, 0.5) is 17.6 Å². The fourth-order valence-corrected chi connectivity index (χ4v) is 3.38. The van der Waals surface area contributed by atoms with Gasteiger partial charge in [0.2, 0.25) is 0 Å². The summed E-state index contributed by atoms with van der Waals surface area (Å²) >= 11 is 0. The maximum atomic E-state index is 14.4. The molecule has 188 valence electrons. The summed E-state index contributed by atoms with van der Waals surface area (Å²) in [5, 5.41) is 0. The Balaban J connectivity index is 0.00000361. The minimum absolute atomic E-state index is 0. The molecular formula is C25H18F4N4O2Pt. The van der Waals surface area contributed by atoms with Crippen LogP contribution in [0.3, 0.4) is 0 Å². The number of hydrogen-bond donors (Lipinski definition) is 0. The standard InChI is InChI=1S/C25H18F4N4O2.Pt/c1-25(2,19-11-13(34-3)9-17(30-19)15-5-7-21(26)32-23(15)28)20-12-14(35-4)10-18(31-20)16-6-8-22(27)33-24(16)29;/h7-12H,1-4H3;/q-2;+2. The molecule has 0 bridgehead atoms. The van der Waals surface area contributed by atoms with Crippen LogP contribution in [0.5, 0.6) is 11.5 Å². The SMILES string of the molecule is COc1cc(-c2[c-]cc(F)nc2F)nc(C(C)(C)c2cc(OC)cc(-c3[c-]cc(F)nc3F)n2)c1.[Pt+2]. The fraction of sp³-hybridized carbons (Fsp3) is 0.200. The molecule has 0 amide bonds. The van der Waals surface area contributed by atoms with Crippen molar-refractivity contribution in [3.05, 3.63) is 83.7 Å². The smallest absolute Gasteiger partial charge is 0.497 e. The summed E-state index contributed by atoms with van der Waals surface area (Å²) in [5.74, 6) is -3.48. The van der Waals surface area contributed by atoms with Gasteiger partial charge in [-0.15, -0.1) is 12.1 Å². The first kappa shape index (κ1) is 27.2. The summed E-state index contributed by atoms with van der Waals surface area (Å²) in [6.07, 6.45) is 0. The minimum Gasteiger partial charge on any atom is -0.497 e. The Morgan fingerprint density at radius 3 is 1.39 bits per heavy atom. The molecule has 6 nitrogen and oxygen atoms in total. The average Bonchev–Trinajstić information content (AvgIpc) is 2.83. The molecule has 0 aromatic carbocycles. The van der Waals surface area contributed by atoms with Gasteiger partial charge < -0.3 is 9.47 Å². The van der Waals surface area contributed by atoms with Crippen molar-refractivity contribution in [2.24, 2.45) is 0 Å². The van der Waals surface area contributed by atoms with Gasteiger partial charge in [-0.25, -0.2) is 17.6 Å². The third-order valence-corrected chi connectivity index (χ3v) is 5.36. The number of halogens is 4. The summed E-state index contributed by atoms with van der Waals surface area (Å²) in [6.45, 7) is 3.58. The van der Waals surface area contributed by atoms with Crippen LogP contribution in [0.25, 0.3) is 22.5 Å². The van der Waals surface area contributed by atoms with Crippen molar-refractivity contribution >= 4 is 0 Å². The summed E-state index contributed by atoms with van der Waals surface area (Å²) in [6, 6.07) is 13.0. The zero-order chi connectivity index (χ0) is 25.3. The van der Waals surface area contributed by atoms with Crippen LogP contribution >= 0.6 is 0 Å². The molecule has 4 heterocycles. The maximum Gasteiger partial charge on any atom is 2.00 e. The molecule has 4 aromatic heterocycles. The molecule has 0 aliphatic rings. The van der Waals surface area contributed by atoms with Crippen molar-refractivity contribution < 1.29 is 48.1 Å². The Bertz CT molecular complexity index is 1310. The molecule has 0 aliphatic carbocycles. The topological polar surface area (TPSA) is 70.0 Å². The molecule has 4 rings (SSSR count). The van der Waals surface area contributed by atoms with Gasteiger partial charge in [0.15, 0.2) is 0 Å². The molecule has 0 radical (unpaired) electrons. The van der Waals surface area contributed by atoms with E-state index >= 15 is 0 Å². The van der Waals surface area contributed by atoms with E-state index in [9.17, 15) is 17.6 Å². The van der Waals surface area contributed by atoms with Gasteiger partial charge in [-0.05, 0) is 37.4 Å². The third kappa shape index (κ3) is 5.38. The number of aromatic nitrogens is 4.